The predicted molar refractivity (Wildman–Crippen MR) is 81.3 cm³/mol. The zero-order valence-corrected chi connectivity index (χ0v) is 12.4. The molecular formula is C16H15ClFNO3. The van der Waals surface area contributed by atoms with Crippen LogP contribution in [-0.4, -0.2) is 28.4 Å². The quantitative estimate of drug-likeness (QED) is 0.609. The molecule has 0 saturated heterocycles. The smallest absolute Gasteiger partial charge is 0.195 e. The standard InChI is InChI=1S/C16H15ClFNO3/c17-13-12-10(14(18)16(22)15(13)21)5-6-19-7-11(12)8-1-3-9(20)4-2-8/h1-4,11,19-22H,5-7H2. The Hall–Kier alpha value is -1.98. The first-order chi connectivity index (χ1) is 10.5. The van der Waals surface area contributed by atoms with E-state index in [0.29, 0.717) is 30.6 Å². The average molecular weight is 324 g/mol. The van der Waals surface area contributed by atoms with Crippen LogP contribution in [0.1, 0.15) is 22.6 Å². The van der Waals surface area contributed by atoms with Gasteiger partial charge in [0, 0.05) is 12.5 Å². The minimum atomic E-state index is -0.829. The van der Waals surface area contributed by atoms with Crippen molar-refractivity contribution in [3.05, 3.63) is 51.8 Å². The van der Waals surface area contributed by atoms with E-state index < -0.39 is 17.3 Å². The number of aromatic hydroxyl groups is 3. The summed E-state index contributed by atoms with van der Waals surface area (Å²) in [5.74, 6) is -2.42. The van der Waals surface area contributed by atoms with Gasteiger partial charge in [0.05, 0.1) is 5.02 Å². The number of phenolic OH excluding ortho intramolecular Hbond substituents is 3. The van der Waals surface area contributed by atoms with Crippen LogP contribution in [0.2, 0.25) is 5.02 Å². The van der Waals surface area contributed by atoms with Gasteiger partial charge in [0.15, 0.2) is 17.3 Å². The van der Waals surface area contributed by atoms with Crippen LogP contribution in [0.4, 0.5) is 4.39 Å². The Bertz CT molecular complexity index is 719. The molecule has 6 heteroatoms. The number of benzene rings is 2. The molecule has 0 aromatic heterocycles. The van der Waals surface area contributed by atoms with Crippen LogP contribution in [0.15, 0.2) is 24.3 Å². The fourth-order valence-electron chi connectivity index (χ4n) is 2.89. The van der Waals surface area contributed by atoms with E-state index in [9.17, 15) is 19.7 Å². The molecule has 116 valence electrons. The van der Waals surface area contributed by atoms with Gasteiger partial charge in [-0.15, -0.1) is 0 Å². The molecule has 4 nitrogen and oxygen atoms in total. The van der Waals surface area contributed by atoms with Crippen LogP contribution < -0.4 is 5.32 Å². The number of hydrogen-bond acceptors (Lipinski definition) is 4. The predicted octanol–water partition coefficient (Wildman–Crippen LogP) is 2.87. The highest BCUT2D eigenvalue weighted by Crippen LogP contribution is 2.45. The topological polar surface area (TPSA) is 72.7 Å². The Morgan fingerprint density at radius 1 is 1.09 bits per heavy atom. The first-order valence-electron chi connectivity index (χ1n) is 6.92. The molecule has 0 amide bonds. The molecule has 3 rings (SSSR count). The van der Waals surface area contributed by atoms with Crippen LogP contribution in [0.5, 0.6) is 17.2 Å². The van der Waals surface area contributed by atoms with Gasteiger partial charge in [-0.3, -0.25) is 0 Å². The SMILES string of the molecule is Oc1ccc(C2CNCCc3c(F)c(O)c(O)c(Cl)c32)cc1. The molecule has 1 heterocycles. The second-order valence-corrected chi connectivity index (χ2v) is 5.69. The molecule has 1 aliphatic rings. The Kier molecular flexibility index (Phi) is 3.85. The highest BCUT2D eigenvalue weighted by Gasteiger charge is 2.30. The Balaban J connectivity index is 2.22. The van der Waals surface area contributed by atoms with Crippen molar-refractivity contribution < 1.29 is 19.7 Å². The lowest BCUT2D eigenvalue weighted by Gasteiger charge is -2.21. The van der Waals surface area contributed by atoms with Crippen molar-refractivity contribution in [2.24, 2.45) is 0 Å². The van der Waals surface area contributed by atoms with E-state index >= 15 is 0 Å². The van der Waals surface area contributed by atoms with E-state index in [0.717, 1.165) is 5.56 Å². The maximum absolute atomic E-state index is 14.3. The first-order valence-corrected chi connectivity index (χ1v) is 7.29. The van der Waals surface area contributed by atoms with E-state index in [1.54, 1.807) is 24.3 Å². The Morgan fingerprint density at radius 3 is 2.45 bits per heavy atom. The molecular weight excluding hydrogens is 309 g/mol. The second kappa shape index (κ2) is 5.66. The van der Waals surface area contributed by atoms with E-state index in [1.807, 2.05) is 0 Å². The lowest BCUT2D eigenvalue weighted by molar-refractivity contribution is 0.376. The third-order valence-corrected chi connectivity index (χ3v) is 4.39. The van der Waals surface area contributed by atoms with Crippen molar-refractivity contribution >= 4 is 11.6 Å². The summed E-state index contributed by atoms with van der Waals surface area (Å²) in [6.45, 7) is 1.06. The van der Waals surface area contributed by atoms with Gasteiger partial charge in [-0.05, 0) is 41.8 Å². The number of fused-ring (bicyclic) bond motifs is 1. The highest BCUT2D eigenvalue weighted by atomic mass is 35.5. The molecule has 4 N–H and O–H groups in total. The van der Waals surface area contributed by atoms with Crippen LogP contribution in [0.3, 0.4) is 0 Å². The summed E-state index contributed by atoms with van der Waals surface area (Å²) < 4.78 is 14.3. The van der Waals surface area contributed by atoms with Gasteiger partial charge in [0.25, 0.3) is 0 Å². The molecule has 0 fully saturated rings. The van der Waals surface area contributed by atoms with Crippen LogP contribution in [-0.2, 0) is 6.42 Å². The number of phenols is 3. The summed E-state index contributed by atoms with van der Waals surface area (Å²) in [6, 6.07) is 6.55. The summed E-state index contributed by atoms with van der Waals surface area (Å²) in [5, 5.41) is 32.1. The normalized spacial score (nSPS) is 17.8. The average Bonchev–Trinajstić information content (AvgIpc) is 2.74. The summed E-state index contributed by atoms with van der Waals surface area (Å²) in [5.41, 5.74) is 1.62. The summed E-state index contributed by atoms with van der Waals surface area (Å²) >= 11 is 6.18. The molecule has 1 atom stereocenters. The highest BCUT2D eigenvalue weighted by molar-refractivity contribution is 6.33. The van der Waals surface area contributed by atoms with Crippen molar-refractivity contribution in [3.8, 4) is 17.2 Å². The molecule has 1 unspecified atom stereocenters. The number of hydrogen-bond donors (Lipinski definition) is 4. The zero-order valence-electron chi connectivity index (χ0n) is 11.6. The van der Waals surface area contributed by atoms with Gasteiger partial charge in [0.1, 0.15) is 5.75 Å². The van der Waals surface area contributed by atoms with Gasteiger partial charge in [-0.25, -0.2) is 4.39 Å². The van der Waals surface area contributed by atoms with Crippen molar-refractivity contribution in [2.75, 3.05) is 13.1 Å². The summed E-state index contributed by atoms with van der Waals surface area (Å²) in [6.07, 6.45) is 0.364. The van der Waals surface area contributed by atoms with Crippen LogP contribution in [0, 0.1) is 5.82 Å². The monoisotopic (exact) mass is 323 g/mol. The maximum atomic E-state index is 14.3. The minimum Gasteiger partial charge on any atom is -0.508 e. The van der Waals surface area contributed by atoms with E-state index in [4.69, 9.17) is 11.6 Å². The summed E-state index contributed by atoms with van der Waals surface area (Å²) in [7, 11) is 0. The molecule has 2 aromatic carbocycles. The first kappa shape index (κ1) is 14.9. The number of halogens is 2. The molecule has 2 aromatic rings. The molecule has 1 aliphatic heterocycles. The molecule has 22 heavy (non-hydrogen) atoms. The van der Waals surface area contributed by atoms with Gasteiger partial charge in [-0.2, -0.15) is 0 Å². The molecule has 0 saturated carbocycles. The third kappa shape index (κ3) is 2.36. The fourth-order valence-corrected chi connectivity index (χ4v) is 3.23. The maximum Gasteiger partial charge on any atom is 0.195 e. The largest absolute Gasteiger partial charge is 0.508 e. The fraction of sp³-hybridized carbons (Fsp3) is 0.250. The van der Waals surface area contributed by atoms with E-state index in [1.165, 1.54) is 0 Å². The Labute approximate surface area is 131 Å². The lowest BCUT2D eigenvalue weighted by atomic mass is 9.87. The van der Waals surface area contributed by atoms with Crippen molar-refractivity contribution in [2.45, 2.75) is 12.3 Å². The van der Waals surface area contributed by atoms with Crippen LogP contribution >= 0.6 is 11.6 Å². The van der Waals surface area contributed by atoms with Gasteiger partial charge in [-0.1, -0.05) is 23.7 Å². The second-order valence-electron chi connectivity index (χ2n) is 5.32. The lowest BCUT2D eigenvalue weighted by Crippen LogP contribution is -2.21. The van der Waals surface area contributed by atoms with Crippen molar-refractivity contribution in [3.63, 3.8) is 0 Å². The van der Waals surface area contributed by atoms with Gasteiger partial charge >= 0.3 is 0 Å². The van der Waals surface area contributed by atoms with Crippen molar-refractivity contribution in [1.29, 1.82) is 0 Å². The van der Waals surface area contributed by atoms with E-state index in [-0.39, 0.29) is 16.7 Å². The number of nitrogens with one attached hydrogen (secondary N) is 1. The molecule has 0 aliphatic carbocycles. The van der Waals surface area contributed by atoms with Gasteiger partial charge in [0.2, 0.25) is 0 Å². The molecule has 0 spiro atoms. The Morgan fingerprint density at radius 2 is 1.77 bits per heavy atom. The van der Waals surface area contributed by atoms with E-state index in [2.05, 4.69) is 5.32 Å². The molecule has 0 radical (unpaired) electrons. The zero-order chi connectivity index (χ0) is 15.9. The van der Waals surface area contributed by atoms with Gasteiger partial charge < -0.3 is 20.6 Å². The minimum absolute atomic E-state index is 0.0318. The van der Waals surface area contributed by atoms with Crippen LogP contribution in [0.25, 0.3) is 0 Å². The summed E-state index contributed by atoms with van der Waals surface area (Å²) in [4.78, 5) is 0. The number of rotatable bonds is 1. The molecule has 0 bridgehead atoms. The third-order valence-electron chi connectivity index (χ3n) is 4.01. The van der Waals surface area contributed by atoms with Crippen molar-refractivity contribution in [1.82, 2.24) is 5.32 Å².